The number of benzene rings is 1. The van der Waals surface area contributed by atoms with Crippen molar-refractivity contribution in [3.05, 3.63) is 47.2 Å². The highest BCUT2D eigenvalue weighted by Gasteiger charge is 2.60. The van der Waals surface area contributed by atoms with Crippen LogP contribution in [0.15, 0.2) is 30.3 Å². The second-order valence-electron chi connectivity index (χ2n) is 7.72. The first kappa shape index (κ1) is 15.6. The SMILES string of the molecule is CC1(C)[C@@H]2CC[C@@]1(C)c1nnc(-c3ccccc3C(F)(F)F)cc12. The molecule has 0 amide bonds. The maximum atomic E-state index is 13.3. The molecule has 0 spiro atoms. The van der Waals surface area contributed by atoms with Crippen LogP contribution < -0.4 is 0 Å². The molecule has 0 saturated heterocycles. The number of hydrogen-bond donors (Lipinski definition) is 0. The van der Waals surface area contributed by atoms with Gasteiger partial charge in [-0.15, -0.1) is 0 Å². The van der Waals surface area contributed by atoms with Crippen LogP contribution in [-0.4, -0.2) is 10.2 Å². The number of halogens is 3. The standard InChI is InChI=1S/C19H19F3N2/c1-17(2)13-8-9-18(17,3)16-12(13)10-15(23-24-16)11-6-4-5-7-14(11)19(20,21)22/h4-7,10,13H,8-9H2,1-3H3/t13-,18+/m1/s1. The fourth-order valence-corrected chi connectivity index (χ4v) is 4.65. The maximum absolute atomic E-state index is 13.3. The Bertz CT molecular complexity index is 826. The Labute approximate surface area is 139 Å². The molecule has 0 N–H and O–H groups in total. The molecule has 0 unspecified atom stereocenters. The van der Waals surface area contributed by atoms with Crippen molar-refractivity contribution in [3.8, 4) is 11.3 Å². The number of nitrogens with zero attached hydrogens (tertiary/aromatic N) is 2. The van der Waals surface area contributed by atoms with E-state index in [2.05, 4.69) is 31.0 Å². The van der Waals surface area contributed by atoms with Gasteiger partial charge in [0.25, 0.3) is 0 Å². The smallest absolute Gasteiger partial charge is 0.166 e. The van der Waals surface area contributed by atoms with Gasteiger partial charge in [0.15, 0.2) is 0 Å². The summed E-state index contributed by atoms with van der Waals surface area (Å²) >= 11 is 0. The first-order chi connectivity index (χ1) is 11.2. The normalized spacial score (nSPS) is 27.3. The Morgan fingerprint density at radius 2 is 1.79 bits per heavy atom. The van der Waals surface area contributed by atoms with Crippen molar-refractivity contribution in [2.75, 3.05) is 0 Å². The second kappa shape index (κ2) is 4.58. The average molecular weight is 332 g/mol. The molecule has 2 aromatic rings. The summed E-state index contributed by atoms with van der Waals surface area (Å²) in [5, 5.41) is 8.57. The molecular formula is C19H19F3N2. The zero-order valence-electron chi connectivity index (χ0n) is 13.9. The number of alkyl halides is 3. The van der Waals surface area contributed by atoms with Gasteiger partial charge in [-0.25, -0.2) is 0 Å². The minimum absolute atomic E-state index is 0.0396. The molecule has 2 aliphatic carbocycles. The first-order valence-electron chi connectivity index (χ1n) is 8.21. The number of hydrogen-bond acceptors (Lipinski definition) is 2. The lowest BCUT2D eigenvalue weighted by atomic mass is 9.70. The van der Waals surface area contributed by atoms with E-state index in [-0.39, 0.29) is 16.4 Å². The van der Waals surface area contributed by atoms with Gasteiger partial charge >= 0.3 is 6.18 Å². The molecule has 5 heteroatoms. The third-order valence-corrected chi connectivity index (χ3v) is 6.46. The van der Waals surface area contributed by atoms with E-state index >= 15 is 0 Å². The van der Waals surface area contributed by atoms with Crippen molar-refractivity contribution in [2.24, 2.45) is 5.41 Å². The zero-order chi connectivity index (χ0) is 17.3. The van der Waals surface area contributed by atoms with Gasteiger partial charge in [-0.05, 0) is 41.9 Å². The largest absolute Gasteiger partial charge is 0.417 e. The minimum Gasteiger partial charge on any atom is -0.166 e. The van der Waals surface area contributed by atoms with E-state index in [9.17, 15) is 13.2 Å². The Morgan fingerprint density at radius 3 is 2.50 bits per heavy atom. The van der Waals surface area contributed by atoms with Crippen LogP contribution >= 0.6 is 0 Å². The lowest BCUT2D eigenvalue weighted by Crippen LogP contribution is -2.32. The van der Waals surface area contributed by atoms with Crippen LogP contribution in [0.2, 0.25) is 0 Å². The summed E-state index contributed by atoms with van der Waals surface area (Å²) in [5.41, 5.74) is 1.83. The maximum Gasteiger partial charge on any atom is 0.417 e. The van der Waals surface area contributed by atoms with E-state index in [1.165, 1.54) is 12.1 Å². The van der Waals surface area contributed by atoms with Crippen LogP contribution in [-0.2, 0) is 11.6 Å². The Balaban J connectivity index is 1.88. The van der Waals surface area contributed by atoms with Crippen molar-refractivity contribution in [3.63, 3.8) is 0 Å². The van der Waals surface area contributed by atoms with Gasteiger partial charge in [0.1, 0.15) is 0 Å². The highest BCUT2D eigenvalue weighted by molar-refractivity contribution is 5.66. The van der Waals surface area contributed by atoms with Crippen LogP contribution in [0.3, 0.4) is 0 Å². The Morgan fingerprint density at radius 1 is 1.08 bits per heavy atom. The van der Waals surface area contributed by atoms with Gasteiger partial charge in [0.2, 0.25) is 0 Å². The molecule has 1 aromatic carbocycles. The predicted molar refractivity (Wildman–Crippen MR) is 85.6 cm³/mol. The molecule has 1 heterocycles. The van der Waals surface area contributed by atoms with Crippen molar-refractivity contribution < 1.29 is 13.2 Å². The van der Waals surface area contributed by atoms with E-state index in [1.54, 1.807) is 6.07 Å². The van der Waals surface area contributed by atoms with Crippen LogP contribution in [0.25, 0.3) is 11.3 Å². The molecule has 0 radical (unpaired) electrons. The van der Waals surface area contributed by atoms with Crippen LogP contribution in [0.4, 0.5) is 13.2 Å². The molecule has 2 bridgehead atoms. The van der Waals surface area contributed by atoms with E-state index in [1.807, 2.05) is 6.07 Å². The van der Waals surface area contributed by atoms with Gasteiger partial charge < -0.3 is 0 Å². The quantitative estimate of drug-likeness (QED) is 0.705. The number of aromatic nitrogens is 2. The topological polar surface area (TPSA) is 25.8 Å². The summed E-state index contributed by atoms with van der Waals surface area (Å²) in [5.74, 6) is 0.338. The van der Waals surface area contributed by atoms with Gasteiger partial charge in [0, 0.05) is 11.0 Å². The number of rotatable bonds is 1. The van der Waals surface area contributed by atoms with Gasteiger partial charge in [0.05, 0.1) is 17.0 Å². The van der Waals surface area contributed by atoms with Crippen molar-refractivity contribution in [1.29, 1.82) is 0 Å². The Kier molecular flexibility index (Phi) is 2.98. The first-order valence-corrected chi connectivity index (χ1v) is 8.21. The molecule has 2 aliphatic rings. The lowest BCUT2D eigenvalue weighted by Gasteiger charge is -2.33. The fraction of sp³-hybridized carbons (Fsp3) is 0.474. The van der Waals surface area contributed by atoms with Gasteiger partial charge in [-0.3, -0.25) is 0 Å². The van der Waals surface area contributed by atoms with E-state index in [0.717, 1.165) is 30.2 Å². The third kappa shape index (κ3) is 1.84. The predicted octanol–water partition coefficient (Wildman–Crippen LogP) is 5.34. The average Bonchev–Trinajstić information content (AvgIpc) is 2.85. The van der Waals surface area contributed by atoms with Crippen molar-refractivity contribution in [1.82, 2.24) is 10.2 Å². The summed E-state index contributed by atoms with van der Waals surface area (Å²) in [4.78, 5) is 0. The number of fused-ring (bicyclic) bond motifs is 5. The van der Waals surface area contributed by atoms with E-state index in [0.29, 0.717) is 11.6 Å². The van der Waals surface area contributed by atoms with Crippen LogP contribution in [0.1, 0.15) is 56.4 Å². The molecule has 2 nitrogen and oxygen atoms in total. The molecule has 1 fully saturated rings. The summed E-state index contributed by atoms with van der Waals surface area (Å²) in [6.45, 7) is 6.67. The van der Waals surface area contributed by atoms with Crippen molar-refractivity contribution >= 4 is 0 Å². The molecule has 1 saturated carbocycles. The summed E-state index contributed by atoms with van der Waals surface area (Å²) in [6.07, 6.45) is -2.28. The second-order valence-corrected chi connectivity index (χ2v) is 7.72. The van der Waals surface area contributed by atoms with E-state index < -0.39 is 11.7 Å². The molecule has 0 aliphatic heterocycles. The fourth-order valence-electron chi connectivity index (χ4n) is 4.65. The van der Waals surface area contributed by atoms with Gasteiger partial charge in [-0.1, -0.05) is 39.0 Å². The van der Waals surface area contributed by atoms with Gasteiger partial charge in [-0.2, -0.15) is 23.4 Å². The molecule has 1 aromatic heterocycles. The van der Waals surface area contributed by atoms with Crippen LogP contribution in [0.5, 0.6) is 0 Å². The molecule has 24 heavy (non-hydrogen) atoms. The monoisotopic (exact) mass is 332 g/mol. The Hall–Kier alpha value is -1.91. The highest BCUT2D eigenvalue weighted by atomic mass is 19.4. The molecule has 4 rings (SSSR count). The van der Waals surface area contributed by atoms with E-state index in [4.69, 9.17) is 0 Å². The minimum atomic E-state index is -4.40. The van der Waals surface area contributed by atoms with Crippen molar-refractivity contribution in [2.45, 2.75) is 51.1 Å². The highest BCUT2D eigenvalue weighted by Crippen LogP contribution is 2.67. The summed E-state index contributed by atoms with van der Waals surface area (Å²) in [7, 11) is 0. The third-order valence-electron chi connectivity index (χ3n) is 6.46. The summed E-state index contributed by atoms with van der Waals surface area (Å²) < 4.78 is 39.9. The van der Waals surface area contributed by atoms with Crippen LogP contribution in [0, 0.1) is 5.41 Å². The molecule has 126 valence electrons. The summed E-state index contributed by atoms with van der Waals surface area (Å²) in [6, 6.07) is 7.42. The zero-order valence-corrected chi connectivity index (χ0v) is 13.9. The molecule has 2 atom stereocenters. The lowest BCUT2D eigenvalue weighted by molar-refractivity contribution is -0.137. The molecular weight excluding hydrogens is 313 g/mol.